The molecular weight excluding hydrogens is 320 g/mol. The fraction of sp³-hybridized carbons (Fsp3) is 1.00. The molecule has 2 N–H and O–H groups in total. The lowest BCUT2D eigenvalue weighted by Crippen LogP contribution is -2.30. The van der Waals surface area contributed by atoms with E-state index >= 15 is 0 Å². The van der Waals surface area contributed by atoms with Crippen molar-refractivity contribution < 1.29 is 0 Å². The highest BCUT2D eigenvalue weighted by atomic mass is 15.1. The number of rotatable bonds is 21. The van der Waals surface area contributed by atoms with Crippen LogP contribution in [0.5, 0.6) is 0 Å². The van der Waals surface area contributed by atoms with Crippen LogP contribution in [-0.4, -0.2) is 76.3 Å². The molecule has 158 valence electrons. The zero-order chi connectivity index (χ0) is 19.3. The van der Waals surface area contributed by atoms with E-state index in [1.165, 1.54) is 103 Å². The van der Waals surface area contributed by atoms with Crippen molar-refractivity contribution in [1.82, 2.24) is 20.4 Å². The highest BCUT2D eigenvalue weighted by Gasteiger charge is 2.07. The zero-order valence-electron chi connectivity index (χ0n) is 18.6. The molecule has 0 saturated heterocycles. The molecule has 0 atom stereocenters. The molecule has 0 amide bonds. The van der Waals surface area contributed by atoms with Crippen molar-refractivity contribution in [3.8, 4) is 0 Å². The number of hydrogen-bond acceptors (Lipinski definition) is 4. The molecule has 0 saturated carbocycles. The molecule has 0 aromatic carbocycles. The van der Waals surface area contributed by atoms with Crippen LogP contribution in [0.3, 0.4) is 0 Å². The van der Waals surface area contributed by atoms with Gasteiger partial charge in [0.15, 0.2) is 0 Å². The lowest BCUT2D eigenvalue weighted by atomic mass is 10.2. The lowest BCUT2D eigenvalue weighted by Gasteiger charge is -2.24. The predicted octanol–water partition coefficient (Wildman–Crippen LogP) is 3.97. The summed E-state index contributed by atoms with van der Waals surface area (Å²) in [5.74, 6) is 0. The van der Waals surface area contributed by atoms with E-state index in [-0.39, 0.29) is 0 Å². The molecule has 0 aliphatic heterocycles. The van der Waals surface area contributed by atoms with Crippen molar-refractivity contribution in [3.63, 3.8) is 0 Å². The van der Waals surface area contributed by atoms with Crippen LogP contribution in [0.2, 0.25) is 0 Å². The minimum atomic E-state index is 1.15. The highest BCUT2D eigenvalue weighted by molar-refractivity contribution is 4.63. The monoisotopic (exact) mass is 370 g/mol. The molecule has 0 aliphatic carbocycles. The van der Waals surface area contributed by atoms with Gasteiger partial charge in [-0.05, 0) is 118 Å². The molecule has 0 unspecified atom stereocenters. The molecule has 0 bridgehead atoms. The summed E-state index contributed by atoms with van der Waals surface area (Å²) in [6.45, 7) is 14.7. The van der Waals surface area contributed by atoms with E-state index in [1.807, 2.05) is 0 Å². The van der Waals surface area contributed by atoms with Crippen LogP contribution >= 0.6 is 0 Å². The van der Waals surface area contributed by atoms with Crippen LogP contribution in [0.25, 0.3) is 0 Å². The van der Waals surface area contributed by atoms with Crippen molar-refractivity contribution in [3.05, 3.63) is 0 Å². The number of hydrogen-bond donors (Lipinski definition) is 2. The summed E-state index contributed by atoms with van der Waals surface area (Å²) in [5.41, 5.74) is 0. The fourth-order valence-corrected chi connectivity index (χ4v) is 3.38. The Balaban J connectivity index is 3.99. The normalized spacial score (nSPS) is 11.8. The molecule has 0 rings (SSSR count). The first-order valence-corrected chi connectivity index (χ1v) is 11.5. The fourth-order valence-electron chi connectivity index (χ4n) is 3.38. The van der Waals surface area contributed by atoms with Gasteiger partial charge in [-0.15, -0.1) is 0 Å². The molecule has 0 aromatic heterocycles. The number of unbranched alkanes of at least 4 members (excludes halogenated alkanes) is 5. The van der Waals surface area contributed by atoms with Crippen LogP contribution in [0.4, 0.5) is 0 Å². The van der Waals surface area contributed by atoms with E-state index in [4.69, 9.17) is 0 Å². The van der Waals surface area contributed by atoms with Crippen molar-refractivity contribution in [1.29, 1.82) is 0 Å². The highest BCUT2D eigenvalue weighted by Crippen LogP contribution is 2.05. The summed E-state index contributed by atoms with van der Waals surface area (Å²) >= 11 is 0. The third kappa shape index (κ3) is 17.3. The SMILES string of the molecule is CCCCN(CCCCNC)CCCCN(CCCC)CCCCNC. The van der Waals surface area contributed by atoms with E-state index in [9.17, 15) is 0 Å². The Hall–Kier alpha value is -0.160. The summed E-state index contributed by atoms with van der Waals surface area (Å²) in [6.07, 6.45) is 13.3. The van der Waals surface area contributed by atoms with Crippen LogP contribution in [0, 0.1) is 0 Å². The van der Waals surface area contributed by atoms with Crippen LogP contribution in [0.1, 0.15) is 78.1 Å². The van der Waals surface area contributed by atoms with Gasteiger partial charge in [0, 0.05) is 0 Å². The second kappa shape index (κ2) is 21.1. The van der Waals surface area contributed by atoms with Crippen molar-refractivity contribution in [2.24, 2.45) is 0 Å². The summed E-state index contributed by atoms with van der Waals surface area (Å²) in [4.78, 5) is 5.42. The lowest BCUT2D eigenvalue weighted by molar-refractivity contribution is 0.232. The minimum absolute atomic E-state index is 1.15. The maximum atomic E-state index is 3.26. The summed E-state index contributed by atoms with van der Waals surface area (Å²) in [7, 11) is 4.11. The summed E-state index contributed by atoms with van der Waals surface area (Å²) in [5, 5.41) is 6.53. The second-order valence-corrected chi connectivity index (χ2v) is 7.72. The zero-order valence-corrected chi connectivity index (χ0v) is 18.6. The van der Waals surface area contributed by atoms with Crippen molar-refractivity contribution in [2.75, 3.05) is 66.5 Å². The van der Waals surface area contributed by atoms with E-state index in [2.05, 4.69) is 48.4 Å². The maximum absolute atomic E-state index is 3.26. The first kappa shape index (κ1) is 25.8. The Kier molecular flexibility index (Phi) is 21.0. The van der Waals surface area contributed by atoms with Gasteiger partial charge in [0.05, 0.1) is 0 Å². The molecule has 0 radical (unpaired) electrons. The van der Waals surface area contributed by atoms with Gasteiger partial charge in [-0.3, -0.25) is 0 Å². The maximum Gasteiger partial charge on any atom is -0.00183 e. The Morgan fingerprint density at radius 3 is 1.08 bits per heavy atom. The van der Waals surface area contributed by atoms with Crippen LogP contribution in [-0.2, 0) is 0 Å². The molecule has 26 heavy (non-hydrogen) atoms. The van der Waals surface area contributed by atoms with E-state index in [1.54, 1.807) is 0 Å². The Morgan fingerprint density at radius 2 is 0.769 bits per heavy atom. The van der Waals surface area contributed by atoms with E-state index in [0.29, 0.717) is 0 Å². The number of nitrogens with one attached hydrogen (secondary N) is 2. The summed E-state index contributed by atoms with van der Waals surface area (Å²) in [6, 6.07) is 0. The van der Waals surface area contributed by atoms with Gasteiger partial charge in [0.2, 0.25) is 0 Å². The Morgan fingerprint density at radius 1 is 0.462 bits per heavy atom. The molecule has 0 fully saturated rings. The van der Waals surface area contributed by atoms with Crippen LogP contribution in [0.15, 0.2) is 0 Å². The third-order valence-electron chi connectivity index (χ3n) is 5.16. The van der Waals surface area contributed by atoms with Gasteiger partial charge in [-0.25, -0.2) is 0 Å². The van der Waals surface area contributed by atoms with E-state index < -0.39 is 0 Å². The quantitative estimate of drug-likeness (QED) is 0.299. The third-order valence-corrected chi connectivity index (χ3v) is 5.16. The molecule has 0 aliphatic rings. The number of nitrogens with zero attached hydrogens (tertiary/aromatic N) is 2. The van der Waals surface area contributed by atoms with Gasteiger partial charge in [0.25, 0.3) is 0 Å². The first-order chi connectivity index (χ1) is 12.8. The van der Waals surface area contributed by atoms with E-state index in [0.717, 1.165) is 13.1 Å². The predicted molar refractivity (Wildman–Crippen MR) is 118 cm³/mol. The van der Waals surface area contributed by atoms with Gasteiger partial charge in [0.1, 0.15) is 0 Å². The largest absolute Gasteiger partial charge is 0.320 e. The Labute approximate surface area is 165 Å². The molecular formula is C22H50N4. The standard InChI is InChI=1S/C22H50N4/c1-5-7-17-25(19-11-9-15-23-3)21-13-14-22-26(18-8-6-2)20-12-10-16-24-4/h23-24H,5-22H2,1-4H3. The minimum Gasteiger partial charge on any atom is -0.320 e. The molecule has 4 heteroatoms. The van der Waals surface area contributed by atoms with Gasteiger partial charge in [-0.1, -0.05) is 26.7 Å². The molecule has 0 heterocycles. The molecule has 4 nitrogen and oxygen atoms in total. The van der Waals surface area contributed by atoms with Gasteiger partial charge >= 0.3 is 0 Å². The molecule has 0 spiro atoms. The average Bonchev–Trinajstić information content (AvgIpc) is 2.66. The molecule has 0 aromatic rings. The smallest absolute Gasteiger partial charge is 0.00183 e. The van der Waals surface area contributed by atoms with Crippen molar-refractivity contribution >= 4 is 0 Å². The van der Waals surface area contributed by atoms with Crippen LogP contribution < -0.4 is 10.6 Å². The first-order valence-electron chi connectivity index (χ1n) is 11.5. The second-order valence-electron chi connectivity index (χ2n) is 7.72. The topological polar surface area (TPSA) is 30.5 Å². The van der Waals surface area contributed by atoms with Gasteiger partial charge in [-0.2, -0.15) is 0 Å². The van der Waals surface area contributed by atoms with Gasteiger partial charge < -0.3 is 20.4 Å². The van der Waals surface area contributed by atoms with Crippen molar-refractivity contribution in [2.45, 2.75) is 78.1 Å². The Bertz CT molecular complexity index is 235. The summed E-state index contributed by atoms with van der Waals surface area (Å²) < 4.78 is 0. The average molecular weight is 371 g/mol.